The predicted octanol–water partition coefficient (Wildman–Crippen LogP) is 5.48. The third-order valence-electron chi connectivity index (χ3n) is 4.09. The van der Waals surface area contributed by atoms with E-state index < -0.39 is 11.6 Å². The van der Waals surface area contributed by atoms with Crippen LogP contribution in [0.4, 0.5) is 8.78 Å². The van der Waals surface area contributed by atoms with E-state index in [2.05, 4.69) is 42.6 Å². The Morgan fingerprint density at radius 3 is 2.62 bits per heavy atom. The van der Waals surface area contributed by atoms with Crippen LogP contribution in [0.25, 0.3) is 16.8 Å². The van der Waals surface area contributed by atoms with Gasteiger partial charge in [-0.3, -0.25) is 0 Å². The Labute approximate surface area is 140 Å². The maximum absolute atomic E-state index is 13.6. The maximum atomic E-state index is 13.6. The van der Waals surface area contributed by atoms with Crippen molar-refractivity contribution in [1.29, 1.82) is 0 Å². The monoisotopic (exact) mass is 323 g/mol. The first kappa shape index (κ1) is 16.3. The van der Waals surface area contributed by atoms with E-state index in [1.165, 1.54) is 28.5 Å². The first-order valence-electron chi connectivity index (χ1n) is 7.98. The topological polar surface area (TPSA) is 12.0 Å². The number of fused-ring (bicyclic) bond motifs is 1. The van der Waals surface area contributed by atoms with Crippen molar-refractivity contribution in [3.8, 4) is 0 Å². The van der Waals surface area contributed by atoms with Crippen molar-refractivity contribution in [3.63, 3.8) is 0 Å². The molecule has 122 valence electrons. The SMILES string of the molecule is C[C@@H](NC/C=C/c1ccc(F)cc1F)c1cccc2ccccc12. The molecule has 1 nitrogen and oxygen atoms in total. The first-order valence-corrected chi connectivity index (χ1v) is 7.98. The molecule has 0 heterocycles. The molecule has 0 amide bonds. The molecule has 0 spiro atoms. The largest absolute Gasteiger partial charge is 0.307 e. The molecule has 0 aliphatic heterocycles. The Morgan fingerprint density at radius 2 is 1.79 bits per heavy atom. The average molecular weight is 323 g/mol. The summed E-state index contributed by atoms with van der Waals surface area (Å²) in [5.41, 5.74) is 1.62. The van der Waals surface area contributed by atoms with Crippen molar-refractivity contribution in [2.24, 2.45) is 0 Å². The summed E-state index contributed by atoms with van der Waals surface area (Å²) < 4.78 is 26.4. The van der Waals surface area contributed by atoms with Crippen molar-refractivity contribution >= 4 is 16.8 Å². The second-order valence-electron chi connectivity index (χ2n) is 5.77. The van der Waals surface area contributed by atoms with Gasteiger partial charge >= 0.3 is 0 Å². The van der Waals surface area contributed by atoms with Gasteiger partial charge in [0.15, 0.2) is 0 Å². The molecular formula is C21H19F2N. The van der Waals surface area contributed by atoms with E-state index in [9.17, 15) is 8.78 Å². The van der Waals surface area contributed by atoms with Crippen LogP contribution in [0, 0.1) is 11.6 Å². The molecule has 0 saturated heterocycles. The highest BCUT2D eigenvalue weighted by Gasteiger charge is 2.07. The van der Waals surface area contributed by atoms with Gasteiger partial charge in [-0.15, -0.1) is 0 Å². The molecule has 0 saturated carbocycles. The minimum Gasteiger partial charge on any atom is -0.307 e. The minimum absolute atomic E-state index is 0.166. The van der Waals surface area contributed by atoms with Gasteiger partial charge in [0, 0.05) is 24.2 Å². The zero-order valence-corrected chi connectivity index (χ0v) is 13.5. The van der Waals surface area contributed by atoms with Crippen LogP contribution in [0.15, 0.2) is 66.7 Å². The second-order valence-corrected chi connectivity index (χ2v) is 5.77. The van der Waals surface area contributed by atoms with E-state index in [1.807, 2.05) is 18.2 Å². The van der Waals surface area contributed by atoms with Gasteiger partial charge in [0.1, 0.15) is 11.6 Å². The molecule has 0 radical (unpaired) electrons. The van der Waals surface area contributed by atoms with E-state index in [-0.39, 0.29) is 6.04 Å². The first-order chi connectivity index (χ1) is 11.6. The third kappa shape index (κ3) is 3.69. The van der Waals surface area contributed by atoms with Gasteiger partial charge in [-0.05, 0) is 35.4 Å². The van der Waals surface area contributed by atoms with Crippen LogP contribution in [0.5, 0.6) is 0 Å². The smallest absolute Gasteiger partial charge is 0.133 e. The molecule has 1 atom stereocenters. The number of halogens is 2. The van der Waals surface area contributed by atoms with Gasteiger partial charge in [0.25, 0.3) is 0 Å². The molecule has 0 bridgehead atoms. The summed E-state index contributed by atoms with van der Waals surface area (Å²) in [5, 5.41) is 5.85. The van der Waals surface area contributed by atoms with Crippen molar-refractivity contribution in [1.82, 2.24) is 5.32 Å². The number of benzene rings is 3. The van der Waals surface area contributed by atoms with Gasteiger partial charge in [-0.1, -0.05) is 54.6 Å². The molecule has 0 aliphatic rings. The van der Waals surface area contributed by atoms with Crippen LogP contribution in [0.2, 0.25) is 0 Å². The predicted molar refractivity (Wildman–Crippen MR) is 95.8 cm³/mol. The summed E-state index contributed by atoms with van der Waals surface area (Å²) in [6.07, 6.45) is 3.51. The van der Waals surface area contributed by atoms with E-state index in [0.717, 1.165) is 6.07 Å². The third-order valence-corrected chi connectivity index (χ3v) is 4.09. The van der Waals surface area contributed by atoms with Gasteiger partial charge in [0.2, 0.25) is 0 Å². The molecule has 3 aromatic carbocycles. The molecule has 3 rings (SSSR count). The summed E-state index contributed by atoms with van der Waals surface area (Å²) in [4.78, 5) is 0. The molecule has 3 aromatic rings. The normalized spacial score (nSPS) is 12.8. The van der Waals surface area contributed by atoms with Crippen LogP contribution in [-0.4, -0.2) is 6.54 Å². The lowest BCUT2D eigenvalue weighted by Crippen LogP contribution is -2.18. The van der Waals surface area contributed by atoms with E-state index in [1.54, 1.807) is 6.08 Å². The average Bonchev–Trinajstić information content (AvgIpc) is 2.59. The molecule has 0 fully saturated rings. The molecule has 0 aromatic heterocycles. The van der Waals surface area contributed by atoms with Gasteiger partial charge in [-0.25, -0.2) is 8.78 Å². The number of hydrogen-bond acceptors (Lipinski definition) is 1. The van der Waals surface area contributed by atoms with Gasteiger partial charge in [0.05, 0.1) is 0 Å². The van der Waals surface area contributed by atoms with Crippen LogP contribution < -0.4 is 5.32 Å². The van der Waals surface area contributed by atoms with Crippen molar-refractivity contribution < 1.29 is 8.78 Å². The fourth-order valence-corrected chi connectivity index (χ4v) is 2.81. The van der Waals surface area contributed by atoms with Crippen molar-refractivity contribution in [3.05, 3.63) is 89.5 Å². The highest BCUT2D eigenvalue weighted by atomic mass is 19.1. The quantitative estimate of drug-likeness (QED) is 0.655. The van der Waals surface area contributed by atoms with Crippen LogP contribution in [0.3, 0.4) is 0 Å². The lowest BCUT2D eigenvalue weighted by molar-refractivity contribution is 0.581. The zero-order chi connectivity index (χ0) is 16.9. The van der Waals surface area contributed by atoms with Gasteiger partial charge in [-0.2, -0.15) is 0 Å². The minimum atomic E-state index is -0.563. The number of nitrogens with one attached hydrogen (secondary N) is 1. The van der Waals surface area contributed by atoms with Crippen LogP contribution >= 0.6 is 0 Å². The number of hydrogen-bond donors (Lipinski definition) is 1. The highest BCUT2D eigenvalue weighted by Crippen LogP contribution is 2.23. The molecule has 1 N–H and O–H groups in total. The van der Waals surface area contributed by atoms with Crippen LogP contribution in [0.1, 0.15) is 24.1 Å². The van der Waals surface area contributed by atoms with Gasteiger partial charge < -0.3 is 5.32 Å². The molecule has 24 heavy (non-hydrogen) atoms. The summed E-state index contributed by atoms with van der Waals surface area (Å²) in [7, 11) is 0. The Bertz CT molecular complexity index is 865. The number of rotatable bonds is 5. The molecule has 3 heteroatoms. The lowest BCUT2D eigenvalue weighted by Gasteiger charge is -2.15. The molecule has 0 aliphatic carbocycles. The summed E-state index contributed by atoms with van der Waals surface area (Å²) in [6.45, 7) is 2.70. The van der Waals surface area contributed by atoms with Crippen LogP contribution in [-0.2, 0) is 0 Å². The Balaban J connectivity index is 1.67. The molecule has 0 unspecified atom stereocenters. The highest BCUT2D eigenvalue weighted by molar-refractivity contribution is 5.86. The standard InChI is InChI=1S/C21H19F2N/c1-15(19-10-4-7-16-6-2-3-9-20(16)19)24-13-5-8-17-11-12-18(22)14-21(17)23/h2-12,14-15,24H,13H2,1H3/b8-5+/t15-/m1/s1. The Kier molecular flexibility index (Phi) is 5.02. The second kappa shape index (κ2) is 7.37. The van der Waals surface area contributed by atoms with Crippen molar-refractivity contribution in [2.45, 2.75) is 13.0 Å². The van der Waals surface area contributed by atoms with E-state index in [0.29, 0.717) is 12.1 Å². The lowest BCUT2D eigenvalue weighted by atomic mass is 10.00. The fourth-order valence-electron chi connectivity index (χ4n) is 2.81. The van der Waals surface area contributed by atoms with Crippen molar-refractivity contribution in [2.75, 3.05) is 6.54 Å². The Morgan fingerprint density at radius 1 is 1.00 bits per heavy atom. The Hall–Kier alpha value is -2.52. The van der Waals surface area contributed by atoms with E-state index in [4.69, 9.17) is 0 Å². The zero-order valence-electron chi connectivity index (χ0n) is 13.5. The summed E-state index contributed by atoms with van der Waals surface area (Å²) in [5.74, 6) is -1.11. The summed E-state index contributed by atoms with van der Waals surface area (Å²) in [6, 6.07) is 18.3. The molecular weight excluding hydrogens is 304 g/mol. The fraction of sp³-hybridized carbons (Fsp3) is 0.143. The van der Waals surface area contributed by atoms with E-state index >= 15 is 0 Å². The summed E-state index contributed by atoms with van der Waals surface area (Å²) >= 11 is 0. The maximum Gasteiger partial charge on any atom is 0.133 e.